The zero-order chi connectivity index (χ0) is 21.1. The van der Waals surface area contributed by atoms with Crippen LogP contribution in [0.25, 0.3) is 11.0 Å². The summed E-state index contributed by atoms with van der Waals surface area (Å²) < 4.78 is 28.5. The molecule has 0 atom stereocenters. The molecule has 0 fully saturated rings. The summed E-state index contributed by atoms with van der Waals surface area (Å²) in [6.07, 6.45) is 1.54. The smallest absolute Gasteiger partial charge is 0.265 e. The van der Waals surface area contributed by atoms with Gasteiger partial charge < -0.3 is 5.32 Å². The van der Waals surface area contributed by atoms with Crippen LogP contribution in [-0.2, 0) is 13.1 Å². The first-order valence-electron chi connectivity index (χ1n) is 9.27. The maximum Gasteiger partial charge on any atom is 0.265 e. The molecular weight excluding hydrogens is 388 g/mol. The highest BCUT2D eigenvalue weighted by atomic mass is 19.1. The SMILES string of the molecule is O=C(NCc1ccc(F)cc1)c1cc2cccnc2n(Cc2ccccc2F)c1=O. The molecule has 7 heteroatoms. The van der Waals surface area contributed by atoms with Gasteiger partial charge in [0.2, 0.25) is 0 Å². The molecule has 150 valence electrons. The van der Waals surface area contributed by atoms with Gasteiger partial charge in [-0.1, -0.05) is 30.3 Å². The predicted octanol–water partition coefficient (Wildman–Crippen LogP) is 3.65. The molecule has 0 aliphatic rings. The van der Waals surface area contributed by atoms with E-state index in [4.69, 9.17) is 0 Å². The standard InChI is InChI=1S/C23H17F2N3O2/c24-18-9-7-15(8-10-18)13-27-22(29)19-12-16-5-3-11-26-21(16)28(23(19)30)14-17-4-1-2-6-20(17)25/h1-12H,13-14H2,(H,27,29). The third kappa shape index (κ3) is 3.96. The number of benzene rings is 2. The van der Waals surface area contributed by atoms with E-state index in [1.54, 1.807) is 42.5 Å². The van der Waals surface area contributed by atoms with Gasteiger partial charge in [0.05, 0.1) is 6.54 Å². The molecule has 2 aromatic carbocycles. The average Bonchev–Trinajstić information content (AvgIpc) is 2.76. The number of aromatic nitrogens is 2. The molecule has 1 N–H and O–H groups in total. The molecule has 0 aliphatic heterocycles. The molecule has 5 nitrogen and oxygen atoms in total. The Morgan fingerprint density at radius 2 is 1.77 bits per heavy atom. The third-order valence-electron chi connectivity index (χ3n) is 4.75. The molecule has 0 radical (unpaired) electrons. The minimum Gasteiger partial charge on any atom is -0.348 e. The van der Waals surface area contributed by atoms with Gasteiger partial charge in [-0.05, 0) is 42.0 Å². The lowest BCUT2D eigenvalue weighted by Gasteiger charge is -2.13. The molecule has 0 saturated carbocycles. The van der Waals surface area contributed by atoms with Crippen LogP contribution in [-0.4, -0.2) is 15.5 Å². The van der Waals surface area contributed by atoms with Crippen LogP contribution < -0.4 is 10.9 Å². The van der Waals surface area contributed by atoms with E-state index < -0.39 is 17.3 Å². The Morgan fingerprint density at radius 3 is 2.53 bits per heavy atom. The maximum absolute atomic E-state index is 14.2. The van der Waals surface area contributed by atoms with Gasteiger partial charge in [-0.25, -0.2) is 13.8 Å². The summed E-state index contributed by atoms with van der Waals surface area (Å²) >= 11 is 0. The van der Waals surface area contributed by atoms with Gasteiger partial charge in [-0.2, -0.15) is 0 Å². The number of pyridine rings is 2. The van der Waals surface area contributed by atoms with Gasteiger partial charge >= 0.3 is 0 Å². The van der Waals surface area contributed by atoms with Crippen LogP contribution in [0.4, 0.5) is 8.78 Å². The van der Waals surface area contributed by atoms with Crippen LogP contribution in [0.3, 0.4) is 0 Å². The van der Waals surface area contributed by atoms with Crippen molar-refractivity contribution in [2.24, 2.45) is 0 Å². The quantitative estimate of drug-likeness (QED) is 0.551. The summed E-state index contributed by atoms with van der Waals surface area (Å²) in [5.41, 5.74) is 0.727. The van der Waals surface area contributed by atoms with Crippen molar-refractivity contribution in [3.05, 3.63) is 112 Å². The van der Waals surface area contributed by atoms with E-state index in [1.807, 2.05) is 0 Å². The third-order valence-corrected chi connectivity index (χ3v) is 4.75. The minimum atomic E-state index is -0.572. The van der Waals surface area contributed by atoms with Gasteiger partial charge in [0.25, 0.3) is 11.5 Å². The highest BCUT2D eigenvalue weighted by Crippen LogP contribution is 2.15. The molecule has 4 rings (SSSR count). The van der Waals surface area contributed by atoms with Crippen LogP contribution >= 0.6 is 0 Å². The van der Waals surface area contributed by atoms with E-state index in [2.05, 4.69) is 10.3 Å². The van der Waals surface area contributed by atoms with Gasteiger partial charge in [0.1, 0.15) is 22.8 Å². The van der Waals surface area contributed by atoms with E-state index in [0.717, 1.165) is 0 Å². The zero-order valence-corrected chi connectivity index (χ0v) is 15.8. The fourth-order valence-corrected chi connectivity index (χ4v) is 3.19. The molecule has 30 heavy (non-hydrogen) atoms. The maximum atomic E-state index is 14.2. The lowest BCUT2D eigenvalue weighted by Crippen LogP contribution is -2.33. The Morgan fingerprint density at radius 1 is 1.00 bits per heavy atom. The molecule has 0 bridgehead atoms. The van der Waals surface area contributed by atoms with Crippen molar-refractivity contribution in [3.8, 4) is 0 Å². The molecule has 0 aliphatic carbocycles. The van der Waals surface area contributed by atoms with E-state index in [0.29, 0.717) is 22.2 Å². The van der Waals surface area contributed by atoms with Crippen molar-refractivity contribution >= 4 is 16.9 Å². The number of fused-ring (bicyclic) bond motifs is 1. The van der Waals surface area contributed by atoms with Crippen molar-refractivity contribution in [2.75, 3.05) is 0 Å². The molecule has 0 spiro atoms. The summed E-state index contributed by atoms with van der Waals surface area (Å²) in [4.78, 5) is 30.1. The topological polar surface area (TPSA) is 64.0 Å². The van der Waals surface area contributed by atoms with Gasteiger partial charge in [0, 0.05) is 23.7 Å². The average molecular weight is 405 g/mol. The van der Waals surface area contributed by atoms with Crippen molar-refractivity contribution < 1.29 is 13.6 Å². The zero-order valence-electron chi connectivity index (χ0n) is 15.8. The fourth-order valence-electron chi connectivity index (χ4n) is 3.19. The van der Waals surface area contributed by atoms with Gasteiger partial charge in [-0.15, -0.1) is 0 Å². The lowest BCUT2D eigenvalue weighted by molar-refractivity contribution is 0.0949. The first-order valence-corrected chi connectivity index (χ1v) is 9.27. The number of hydrogen-bond acceptors (Lipinski definition) is 3. The van der Waals surface area contributed by atoms with E-state index in [9.17, 15) is 18.4 Å². The van der Waals surface area contributed by atoms with E-state index >= 15 is 0 Å². The van der Waals surface area contributed by atoms with Crippen molar-refractivity contribution in [3.63, 3.8) is 0 Å². The number of nitrogens with one attached hydrogen (secondary N) is 1. The molecule has 2 heterocycles. The Bertz CT molecular complexity index is 1280. The Hall–Kier alpha value is -3.87. The number of hydrogen-bond donors (Lipinski definition) is 1. The second-order valence-corrected chi connectivity index (χ2v) is 6.77. The molecular formula is C23H17F2N3O2. The predicted molar refractivity (Wildman–Crippen MR) is 109 cm³/mol. The minimum absolute atomic E-state index is 0.0574. The first kappa shape index (κ1) is 19.4. The van der Waals surface area contributed by atoms with Crippen LogP contribution in [0, 0.1) is 11.6 Å². The summed E-state index contributed by atoms with van der Waals surface area (Å²) in [5, 5.41) is 3.26. The van der Waals surface area contributed by atoms with Crippen LogP contribution in [0.15, 0.2) is 77.7 Å². The summed E-state index contributed by atoms with van der Waals surface area (Å²) in [7, 11) is 0. The summed E-state index contributed by atoms with van der Waals surface area (Å²) in [6.45, 7) is 0.0784. The number of carbonyl (C=O) groups excluding carboxylic acids is 1. The Kier molecular flexibility index (Phi) is 5.34. The van der Waals surface area contributed by atoms with E-state index in [-0.39, 0.29) is 24.5 Å². The number of rotatable bonds is 5. The number of halogens is 2. The Labute approximate surface area is 170 Å². The molecule has 0 unspecified atom stereocenters. The molecule has 2 aromatic heterocycles. The second-order valence-electron chi connectivity index (χ2n) is 6.77. The van der Waals surface area contributed by atoms with Crippen LogP contribution in [0.2, 0.25) is 0 Å². The fraction of sp³-hybridized carbons (Fsp3) is 0.0870. The van der Waals surface area contributed by atoms with Crippen molar-refractivity contribution in [2.45, 2.75) is 13.1 Å². The van der Waals surface area contributed by atoms with Crippen LogP contribution in [0.5, 0.6) is 0 Å². The number of nitrogens with zero attached hydrogens (tertiary/aromatic N) is 2. The molecule has 4 aromatic rings. The lowest BCUT2D eigenvalue weighted by atomic mass is 10.1. The van der Waals surface area contributed by atoms with E-state index in [1.165, 1.54) is 35.0 Å². The van der Waals surface area contributed by atoms with Gasteiger partial charge in [0.15, 0.2) is 0 Å². The highest BCUT2D eigenvalue weighted by molar-refractivity contribution is 5.96. The summed E-state index contributed by atoms with van der Waals surface area (Å²) in [5.74, 6) is -1.39. The summed E-state index contributed by atoms with van der Waals surface area (Å²) in [6, 6.07) is 16.7. The first-order chi connectivity index (χ1) is 14.5. The number of amides is 1. The number of carbonyl (C=O) groups is 1. The van der Waals surface area contributed by atoms with Crippen molar-refractivity contribution in [1.82, 2.24) is 14.9 Å². The normalized spacial score (nSPS) is 10.9. The second kappa shape index (κ2) is 8.24. The highest BCUT2D eigenvalue weighted by Gasteiger charge is 2.17. The monoisotopic (exact) mass is 405 g/mol. The molecule has 0 saturated heterocycles. The van der Waals surface area contributed by atoms with Crippen molar-refractivity contribution in [1.29, 1.82) is 0 Å². The van der Waals surface area contributed by atoms with Gasteiger partial charge in [-0.3, -0.25) is 14.2 Å². The largest absolute Gasteiger partial charge is 0.348 e. The Balaban J connectivity index is 1.70. The van der Waals surface area contributed by atoms with Crippen LogP contribution in [0.1, 0.15) is 21.5 Å². The molecule has 1 amide bonds.